The zero-order valence-electron chi connectivity index (χ0n) is 9.39. The Labute approximate surface area is 99.5 Å². The number of carbonyl (C=O) groups excluding carboxylic acids is 1. The molecule has 17 heavy (non-hydrogen) atoms. The summed E-state index contributed by atoms with van der Waals surface area (Å²) in [5.41, 5.74) is 2.43. The van der Waals surface area contributed by atoms with Crippen molar-refractivity contribution in [3.8, 4) is 0 Å². The van der Waals surface area contributed by atoms with Crippen molar-refractivity contribution in [1.29, 1.82) is 0 Å². The molecule has 1 atom stereocenters. The molecule has 1 aromatic carbocycles. The van der Waals surface area contributed by atoms with Gasteiger partial charge in [0.1, 0.15) is 12.9 Å². The average Bonchev–Trinajstić information content (AvgIpc) is 2.68. The van der Waals surface area contributed by atoms with Crippen LogP contribution in [0.1, 0.15) is 23.7 Å². The minimum Gasteiger partial charge on any atom is -0.454 e. The van der Waals surface area contributed by atoms with E-state index in [9.17, 15) is 4.79 Å². The molecular formula is C13H14O4. The van der Waals surface area contributed by atoms with Crippen LogP contribution in [-0.2, 0) is 20.9 Å². The summed E-state index contributed by atoms with van der Waals surface area (Å²) in [6, 6.07) is 7.57. The largest absolute Gasteiger partial charge is 0.454 e. The molecule has 2 rings (SSSR count). The number of carbonyl (C=O) groups is 1. The minimum absolute atomic E-state index is 0.220. The molecular weight excluding hydrogens is 220 g/mol. The zero-order chi connectivity index (χ0) is 12.3. The van der Waals surface area contributed by atoms with Gasteiger partial charge < -0.3 is 14.6 Å². The molecule has 1 aromatic rings. The molecule has 0 amide bonds. The van der Waals surface area contributed by atoms with E-state index in [-0.39, 0.29) is 18.9 Å². The van der Waals surface area contributed by atoms with E-state index >= 15 is 0 Å². The van der Waals surface area contributed by atoms with Gasteiger partial charge in [0.25, 0.3) is 0 Å². The summed E-state index contributed by atoms with van der Waals surface area (Å²) in [4.78, 5) is 11.2. The van der Waals surface area contributed by atoms with Crippen molar-refractivity contribution in [2.75, 3.05) is 6.79 Å². The van der Waals surface area contributed by atoms with Crippen LogP contribution in [0.5, 0.6) is 0 Å². The number of cyclic esters (lactones) is 1. The lowest BCUT2D eigenvalue weighted by molar-refractivity contribution is -0.139. The Morgan fingerprint density at radius 1 is 1.41 bits per heavy atom. The van der Waals surface area contributed by atoms with Crippen molar-refractivity contribution in [2.24, 2.45) is 0 Å². The highest BCUT2D eigenvalue weighted by atomic mass is 16.6. The molecule has 0 bridgehead atoms. The third-order valence-corrected chi connectivity index (χ3v) is 2.68. The number of hydrogen-bond acceptors (Lipinski definition) is 4. The van der Waals surface area contributed by atoms with E-state index in [0.29, 0.717) is 18.6 Å². The van der Waals surface area contributed by atoms with Gasteiger partial charge in [0, 0.05) is 12.0 Å². The molecule has 1 N–H and O–H groups in total. The summed E-state index contributed by atoms with van der Waals surface area (Å²) >= 11 is 0. The van der Waals surface area contributed by atoms with Gasteiger partial charge in [0.2, 0.25) is 0 Å². The van der Waals surface area contributed by atoms with E-state index in [0.717, 1.165) is 11.1 Å². The molecule has 4 nitrogen and oxygen atoms in total. The summed E-state index contributed by atoms with van der Waals surface area (Å²) in [6.07, 6.45) is 0.327. The average molecular weight is 234 g/mol. The van der Waals surface area contributed by atoms with Crippen molar-refractivity contribution in [2.45, 2.75) is 19.1 Å². The van der Waals surface area contributed by atoms with Gasteiger partial charge in [-0.3, -0.25) is 0 Å². The highest BCUT2D eigenvalue weighted by molar-refractivity contribution is 5.90. The standard InChI is InChI=1S/C13H14O4/c1-9-6-12(17-13(9)15)11-4-2-10(3-5-11)7-16-8-14/h2-5,12,14H,1,6-8H2. The third kappa shape index (κ3) is 2.72. The summed E-state index contributed by atoms with van der Waals surface area (Å²) < 4.78 is 10.0. The molecule has 0 spiro atoms. The number of esters is 1. The van der Waals surface area contributed by atoms with Crippen LogP contribution in [0, 0.1) is 0 Å². The summed E-state index contributed by atoms with van der Waals surface area (Å²) in [5, 5.41) is 8.52. The second-order valence-corrected chi connectivity index (χ2v) is 3.92. The van der Waals surface area contributed by atoms with Crippen LogP contribution in [0.4, 0.5) is 0 Å². The van der Waals surface area contributed by atoms with Crippen LogP contribution in [0.3, 0.4) is 0 Å². The van der Waals surface area contributed by atoms with Gasteiger partial charge in [0.05, 0.1) is 6.61 Å². The van der Waals surface area contributed by atoms with E-state index < -0.39 is 0 Å². The Morgan fingerprint density at radius 2 is 2.12 bits per heavy atom. The van der Waals surface area contributed by atoms with Crippen LogP contribution < -0.4 is 0 Å². The molecule has 0 saturated carbocycles. The lowest BCUT2D eigenvalue weighted by Crippen LogP contribution is -1.99. The molecule has 90 valence electrons. The van der Waals surface area contributed by atoms with Gasteiger partial charge in [-0.2, -0.15) is 0 Å². The predicted molar refractivity (Wildman–Crippen MR) is 60.9 cm³/mol. The number of hydrogen-bond donors (Lipinski definition) is 1. The fraction of sp³-hybridized carbons (Fsp3) is 0.308. The zero-order valence-corrected chi connectivity index (χ0v) is 9.39. The van der Waals surface area contributed by atoms with E-state index in [1.165, 1.54) is 0 Å². The first-order valence-corrected chi connectivity index (χ1v) is 5.37. The van der Waals surface area contributed by atoms with E-state index in [2.05, 4.69) is 6.58 Å². The lowest BCUT2D eigenvalue weighted by Gasteiger charge is -2.09. The first-order chi connectivity index (χ1) is 8.20. The van der Waals surface area contributed by atoms with Crippen LogP contribution in [-0.4, -0.2) is 17.9 Å². The van der Waals surface area contributed by atoms with E-state index in [4.69, 9.17) is 14.6 Å². The molecule has 1 aliphatic heterocycles. The molecule has 1 saturated heterocycles. The van der Waals surface area contributed by atoms with E-state index in [1.54, 1.807) is 0 Å². The Balaban J connectivity index is 2.03. The van der Waals surface area contributed by atoms with Gasteiger partial charge in [0.15, 0.2) is 0 Å². The maximum atomic E-state index is 11.2. The Bertz CT molecular complexity index is 406. The van der Waals surface area contributed by atoms with Gasteiger partial charge in [-0.1, -0.05) is 30.8 Å². The van der Waals surface area contributed by atoms with Crippen LogP contribution in [0.25, 0.3) is 0 Å². The van der Waals surface area contributed by atoms with Crippen molar-refractivity contribution in [1.82, 2.24) is 0 Å². The van der Waals surface area contributed by atoms with Gasteiger partial charge in [-0.05, 0) is 11.1 Å². The fourth-order valence-corrected chi connectivity index (χ4v) is 1.74. The molecule has 0 aromatic heterocycles. The third-order valence-electron chi connectivity index (χ3n) is 2.68. The molecule has 1 heterocycles. The Hall–Kier alpha value is -1.65. The molecule has 4 heteroatoms. The number of rotatable bonds is 4. The topological polar surface area (TPSA) is 55.8 Å². The number of benzene rings is 1. The number of ether oxygens (including phenoxy) is 2. The van der Waals surface area contributed by atoms with Gasteiger partial charge in [-0.15, -0.1) is 0 Å². The van der Waals surface area contributed by atoms with Crippen molar-refractivity contribution >= 4 is 5.97 Å². The van der Waals surface area contributed by atoms with Crippen LogP contribution >= 0.6 is 0 Å². The second-order valence-electron chi connectivity index (χ2n) is 3.92. The summed E-state index contributed by atoms with van der Waals surface area (Å²) in [6.45, 7) is 3.73. The molecule has 0 aliphatic carbocycles. The Kier molecular flexibility index (Phi) is 3.56. The SMILES string of the molecule is C=C1CC(c2ccc(COCO)cc2)OC1=O. The van der Waals surface area contributed by atoms with Gasteiger partial charge in [-0.25, -0.2) is 4.79 Å². The molecule has 1 aliphatic rings. The second kappa shape index (κ2) is 5.12. The van der Waals surface area contributed by atoms with E-state index in [1.807, 2.05) is 24.3 Å². The minimum atomic E-state index is -0.317. The smallest absolute Gasteiger partial charge is 0.334 e. The summed E-state index contributed by atoms with van der Waals surface area (Å²) in [5.74, 6) is -0.317. The van der Waals surface area contributed by atoms with Crippen LogP contribution in [0.15, 0.2) is 36.4 Å². The monoisotopic (exact) mass is 234 g/mol. The maximum Gasteiger partial charge on any atom is 0.334 e. The highest BCUT2D eigenvalue weighted by Crippen LogP contribution is 2.32. The summed E-state index contributed by atoms with van der Waals surface area (Å²) in [7, 11) is 0. The lowest BCUT2D eigenvalue weighted by atomic mass is 10.0. The normalized spacial score (nSPS) is 19.5. The predicted octanol–water partition coefficient (Wildman–Crippen LogP) is 1.70. The van der Waals surface area contributed by atoms with Crippen molar-refractivity contribution in [3.05, 3.63) is 47.5 Å². The first-order valence-electron chi connectivity index (χ1n) is 5.37. The van der Waals surface area contributed by atoms with Crippen molar-refractivity contribution in [3.63, 3.8) is 0 Å². The highest BCUT2D eigenvalue weighted by Gasteiger charge is 2.28. The number of aliphatic hydroxyl groups excluding tert-OH is 1. The molecule has 1 unspecified atom stereocenters. The molecule has 1 fully saturated rings. The number of aliphatic hydroxyl groups is 1. The quantitative estimate of drug-likeness (QED) is 0.489. The van der Waals surface area contributed by atoms with Crippen LogP contribution in [0.2, 0.25) is 0 Å². The first kappa shape index (κ1) is 11.8. The van der Waals surface area contributed by atoms with Gasteiger partial charge >= 0.3 is 5.97 Å². The fourth-order valence-electron chi connectivity index (χ4n) is 1.74. The Morgan fingerprint density at radius 3 is 2.65 bits per heavy atom. The maximum absolute atomic E-state index is 11.2. The molecule has 0 radical (unpaired) electrons. The van der Waals surface area contributed by atoms with Crippen molar-refractivity contribution < 1.29 is 19.4 Å².